The number of hydrogen-bond donors (Lipinski definition) is 1. The third-order valence-corrected chi connectivity index (χ3v) is 4.30. The van der Waals surface area contributed by atoms with Crippen molar-refractivity contribution >= 4 is 0 Å². The molecule has 3 nitrogen and oxygen atoms in total. The zero-order valence-corrected chi connectivity index (χ0v) is 13.1. The van der Waals surface area contributed by atoms with Crippen LogP contribution in [-0.2, 0) is 4.74 Å². The highest BCUT2D eigenvalue weighted by Gasteiger charge is 2.36. The number of rotatable bonds is 6. The number of nitrogens with one attached hydrogen (secondary N) is 1. The number of hydrogen-bond acceptors (Lipinski definition) is 3. The van der Waals surface area contributed by atoms with Crippen molar-refractivity contribution in [2.45, 2.75) is 65.6 Å². The van der Waals surface area contributed by atoms with Crippen molar-refractivity contribution in [2.75, 3.05) is 26.2 Å². The van der Waals surface area contributed by atoms with Crippen LogP contribution in [0.2, 0.25) is 0 Å². The molecule has 0 saturated carbocycles. The maximum absolute atomic E-state index is 5.72. The average molecular weight is 256 g/mol. The van der Waals surface area contributed by atoms with E-state index in [0.717, 1.165) is 26.2 Å². The first kappa shape index (κ1) is 15.9. The van der Waals surface area contributed by atoms with Crippen LogP contribution < -0.4 is 5.32 Å². The first-order valence-corrected chi connectivity index (χ1v) is 7.49. The van der Waals surface area contributed by atoms with Gasteiger partial charge in [0.2, 0.25) is 0 Å². The van der Waals surface area contributed by atoms with Crippen molar-refractivity contribution in [3.63, 3.8) is 0 Å². The summed E-state index contributed by atoms with van der Waals surface area (Å²) in [4.78, 5) is 2.62. The second-order valence-corrected chi connectivity index (χ2v) is 6.45. The minimum Gasteiger partial charge on any atom is -0.377 e. The second-order valence-electron chi connectivity index (χ2n) is 6.45. The van der Waals surface area contributed by atoms with Gasteiger partial charge >= 0.3 is 0 Å². The van der Waals surface area contributed by atoms with Gasteiger partial charge in [-0.1, -0.05) is 20.8 Å². The van der Waals surface area contributed by atoms with Crippen molar-refractivity contribution < 1.29 is 4.74 Å². The SMILES string of the molecule is CCC1(C)CNC(C(C)C)CN1CCOC(C)C. The summed E-state index contributed by atoms with van der Waals surface area (Å²) in [6.45, 7) is 17.6. The Balaban J connectivity index is 2.55. The summed E-state index contributed by atoms with van der Waals surface area (Å²) in [6, 6.07) is 0.615. The van der Waals surface area contributed by atoms with Crippen LogP contribution in [-0.4, -0.2) is 48.8 Å². The predicted octanol–water partition coefficient (Wildman–Crippen LogP) is 2.51. The van der Waals surface area contributed by atoms with E-state index < -0.39 is 0 Å². The topological polar surface area (TPSA) is 24.5 Å². The highest BCUT2D eigenvalue weighted by atomic mass is 16.5. The fourth-order valence-electron chi connectivity index (χ4n) is 2.54. The van der Waals surface area contributed by atoms with Crippen LogP contribution >= 0.6 is 0 Å². The molecule has 2 atom stereocenters. The zero-order valence-electron chi connectivity index (χ0n) is 13.1. The van der Waals surface area contributed by atoms with E-state index >= 15 is 0 Å². The highest BCUT2D eigenvalue weighted by Crippen LogP contribution is 2.24. The average Bonchev–Trinajstić information content (AvgIpc) is 2.30. The van der Waals surface area contributed by atoms with Crippen LogP contribution in [0.4, 0.5) is 0 Å². The first-order chi connectivity index (χ1) is 8.39. The van der Waals surface area contributed by atoms with Crippen molar-refractivity contribution in [2.24, 2.45) is 5.92 Å². The molecule has 0 aromatic rings. The monoisotopic (exact) mass is 256 g/mol. The molecule has 0 aromatic heterocycles. The van der Waals surface area contributed by atoms with E-state index in [0.29, 0.717) is 18.1 Å². The van der Waals surface area contributed by atoms with E-state index in [4.69, 9.17) is 4.74 Å². The van der Waals surface area contributed by atoms with Crippen molar-refractivity contribution in [1.82, 2.24) is 10.2 Å². The molecule has 18 heavy (non-hydrogen) atoms. The Hall–Kier alpha value is -0.120. The van der Waals surface area contributed by atoms with Crippen LogP contribution in [0.15, 0.2) is 0 Å². The number of nitrogens with zero attached hydrogens (tertiary/aromatic N) is 1. The van der Waals surface area contributed by atoms with Gasteiger partial charge in [0.1, 0.15) is 0 Å². The molecule has 1 heterocycles. The molecule has 0 aromatic carbocycles. The molecule has 0 radical (unpaired) electrons. The fraction of sp³-hybridized carbons (Fsp3) is 1.00. The summed E-state index contributed by atoms with van der Waals surface area (Å²) in [5.41, 5.74) is 0.283. The largest absolute Gasteiger partial charge is 0.377 e. The molecule has 0 amide bonds. The summed E-state index contributed by atoms with van der Waals surface area (Å²) in [5.74, 6) is 0.694. The quantitative estimate of drug-likeness (QED) is 0.790. The van der Waals surface area contributed by atoms with Gasteiger partial charge in [0, 0.05) is 31.2 Å². The maximum Gasteiger partial charge on any atom is 0.0597 e. The van der Waals surface area contributed by atoms with Crippen molar-refractivity contribution in [3.8, 4) is 0 Å². The summed E-state index contributed by atoms with van der Waals surface area (Å²) < 4.78 is 5.72. The Morgan fingerprint density at radius 1 is 1.33 bits per heavy atom. The van der Waals surface area contributed by atoms with Crippen molar-refractivity contribution in [1.29, 1.82) is 0 Å². The first-order valence-electron chi connectivity index (χ1n) is 7.49. The van der Waals surface area contributed by atoms with Crippen molar-refractivity contribution in [3.05, 3.63) is 0 Å². The van der Waals surface area contributed by atoms with E-state index in [-0.39, 0.29) is 5.54 Å². The van der Waals surface area contributed by atoms with Gasteiger partial charge in [0.15, 0.2) is 0 Å². The normalized spacial score (nSPS) is 30.3. The number of piperazine rings is 1. The lowest BCUT2D eigenvalue weighted by molar-refractivity contribution is -0.00283. The van der Waals surface area contributed by atoms with Gasteiger partial charge in [-0.3, -0.25) is 4.90 Å². The third kappa shape index (κ3) is 4.22. The van der Waals surface area contributed by atoms with E-state index in [1.165, 1.54) is 6.42 Å². The van der Waals surface area contributed by atoms with Gasteiger partial charge in [-0.05, 0) is 33.1 Å². The van der Waals surface area contributed by atoms with E-state index in [9.17, 15) is 0 Å². The molecular weight excluding hydrogens is 224 g/mol. The fourth-order valence-corrected chi connectivity index (χ4v) is 2.54. The lowest BCUT2D eigenvalue weighted by Gasteiger charge is -2.49. The minimum absolute atomic E-state index is 0.283. The van der Waals surface area contributed by atoms with Gasteiger partial charge in [-0.2, -0.15) is 0 Å². The van der Waals surface area contributed by atoms with Crippen LogP contribution in [0.1, 0.15) is 48.0 Å². The van der Waals surface area contributed by atoms with E-state index in [1.54, 1.807) is 0 Å². The Kier molecular flexibility index (Phi) is 6.09. The standard InChI is InChI=1S/C15H32N2O/c1-7-15(6)11-16-14(12(2)3)10-17(15)8-9-18-13(4)5/h12-14,16H,7-11H2,1-6H3. The summed E-state index contributed by atoms with van der Waals surface area (Å²) >= 11 is 0. The van der Waals surface area contributed by atoms with Gasteiger partial charge < -0.3 is 10.1 Å². The van der Waals surface area contributed by atoms with Gasteiger partial charge in [-0.15, -0.1) is 0 Å². The van der Waals surface area contributed by atoms with Crippen LogP contribution in [0.5, 0.6) is 0 Å². The summed E-state index contributed by atoms with van der Waals surface area (Å²) in [5, 5.41) is 3.71. The van der Waals surface area contributed by atoms with Crippen LogP contribution in [0.25, 0.3) is 0 Å². The van der Waals surface area contributed by atoms with E-state index in [1.807, 2.05) is 0 Å². The highest BCUT2D eigenvalue weighted by molar-refractivity contribution is 4.95. The minimum atomic E-state index is 0.283. The molecule has 0 bridgehead atoms. The molecule has 1 N–H and O–H groups in total. The summed E-state index contributed by atoms with van der Waals surface area (Å²) in [7, 11) is 0. The van der Waals surface area contributed by atoms with Gasteiger partial charge in [-0.25, -0.2) is 0 Å². The Morgan fingerprint density at radius 3 is 2.50 bits per heavy atom. The Bertz CT molecular complexity index is 243. The molecule has 1 fully saturated rings. The Morgan fingerprint density at radius 2 is 2.00 bits per heavy atom. The molecule has 3 heteroatoms. The maximum atomic E-state index is 5.72. The molecule has 0 spiro atoms. The second kappa shape index (κ2) is 6.88. The van der Waals surface area contributed by atoms with Gasteiger partial charge in [0.25, 0.3) is 0 Å². The predicted molar refractivity (Wildman–Crippen MR) is 78.0 cm³/mol. The summed E-state index contributed by atoms with van der Waals surface area (Å²) in [6.07, 6.45) is 1.52. The lowest BCUT2D eigenvalue weighted by Crippen LogP contribution is -2.64. The molecule has 1 rings (SSSR count). The number of ether oxygens (including phenoxy) is 1. The van der Waals surface area contributed by atoms with Gasteiger partial charge in [0.05, 0.1) is 12.7 Å². The van der Waals surface area contributed by atoms with E-state index in [2.05, 4.69) is 51.8 Å². The molecule has 1 aliphatic rings. The molecule has 2 unspecified atom stereocenters. The Labute approximate surface area is 113 Å². The molecule has 1 aliphatic heterocycles. The molecule has 108 valence electrons. The smallest absolute Gasteiger partial charge is 0.0597 e. The van der Waals surface area contributed by atoms with Crippen LogP contribution in [0, 0.1) is 5.92 Å². The molecule has 0 aliphatic carbocycles. The van der Waals surface area contributed by atoms with Crippen LogP contribution in [0.3, 0.4) is 0 Å². The zero-order chi connectivity index (χ0) is 13.8. The molecular formula is C15H32N2O. The third-order valence-electron chi connectivity index (χ3n) is 4.30. The lowest BCUT2D eigenvalue weighted by atomic mass is 9.89. The molecule has 1 saturated heterocycles.